The van der Waals surface area contributed by atoms with E-state index in [0.717, 1.165) is 35.5 Å². The zero-order valence-electron chi connectivity index (χ0n) is 17.7. The first-order chi connectivity index (χ1) is 13.8. The van der Waals surface area contributed by atoms with Gasteiger partial charge in [-0.05, 0) is 81.1 Å². The Morgan fingerprint density at radius 3 is 2.38 bits per heavy atom. The molecule has 2 aromatic carbocycles. The highest BCUT2D eigenvalue weighted by atomic mass is 32.2. The summed E-state index contributed by atoms with van der Waals surface area (Å²) < 4.78 is 0. The summed E-state index contributed by atoms with van der Waals surface area (Å²) in [5.41, 5.74) is 2.93. The lowest BCUT2D eigenvalue weighted by molar-refractivity contribution is 0.0635. The summed E-state index contributed by atoms with van der Waals surface area (Å²) in [6.07, 6.45) is 3.32. The van der Waals surface area contributed by atoms with Crippen LogP contribution in [0.3, 0.4) is 0 Å². The quantitative estimate of drug-likeness (QED) is 0.637. The Bertz CT molecular complexity index is 877. The third-order valence-corrected chi connectivity index (χ3v) is 6.29. The Morgan fingerprint density at radius 2 is 1.76 bits per heavy atom. The van der Waals surface area contributed by atoms with E-state index in [1.54, 1.807) is 11.8 Å². The Kier molecular flexibility index (Phi) is 7.01. The lowest BCUT2D eigenvalue weighted by Gasteiger charge is -2.33. The Morgan fingerprint density at radius 1 is 1.07 bits per heavy atom. The van der Waals surface area contributed by atoms with Gasteiger partial charge in [0.25, 0.3) is 11.8 Å². The van der Waals surface area contributed by atoms with E-state index in [4.69, 9.17) is 0 Å². The third-order valence-electron chi connectivity index (χ3n) is 5.27. The zero-order chi connectivity index (χ0) is 21.0. The summed E-state index contributed by atoms with van der Waals surface area (Å²) in [7, 11) is 0. The van der Waals surface area contributed by atoms with Crippen molar-refractivity contribution in [3.63, 3.8) is 0 Å². The molecule has 0 radical (unpaired) electrons. The molecular formula is C24H30N2O2S. The van der Waals surface area contributed by atoms with Crippen LogP contribution < -0.4 is 5.32 Å². The summed E-state index contributed by atoms with van der Waals surface area (Å²) >= 11 is 1.77. The maximum Gasteiger partial charge on any atom is 0.255 e. The molecular weight excluding hydrogens is 380 g/mol. The molecule has 3 rings (SSSR count). The molecule has 1 saturated heterocycles. The molecule has 4 nitrogen and oxygen atoms in total. The molecule has 154 valence electrons. The second kappa shape index (κ2) is 9.49. The molecule has 0 saturated carbocycles. The van der Waals surface area contributed by atoms with Crippen LogP contribution in [0.25, 0.3) is 0 Å². The van der Waals surface area contributed by atoms with E-state index in [0.29, 0.717) is 16.4 Å². The number of rotatable bonds is 5. The van der Waals surface area contributed by atoms with Crippen LogP contribution in [0, 0.1) is 6.92 Å². The molecule has 29 heavy (non-hydrogen) atoms. The van der Waals surface area contributed by atoms with Gasteiger partial charge in [-0.3, -0.25) is 9.59 Å². The van der Waals surface area contributed by atoms with Crippen molar-refractivity contribution in [1.29, 1.82) is 0 Å². The Labute approximate surface area is 178 Å². The van der Waals surface area contributed by atoms with Crippen LogP contribution in [0.5, 0.6) is 0 Å². The molecule has 0 aliphatic carbocycles. The van der Waals surface area contributed by atoms with E-state index < -0.39 is 0 Å². The predicted octanol–water partition coefficient (Wildman–Crippen LogP) is 5.76. The number of likely N-dealkylation sites (tertiary alicyclic amines) is 1. The standard InChI is InChI=1S/C24H30N2O2S/c1-16(2)29-21-11-8-19(9-12-21)23(27)25-22-13-10-20(15-17(22)3)24(28)26-14-6-5-7-18(26)4/h8-13,15-16,18H,5-7,14H2,1-4H3,(H,25,27). The number of amides is 2. The second-order valence-electron chi connectivity index (χ2n) is 8.02. The van der Waals surface area contributed by atoms with Crippen LogP contribution in [-0.4, -0.2) is 34.6 Å². The molecule has 1 fully saturated rings. The molecule has 1 aliphatic rings. The lowest BCUT2D eigenvalue weighted by atomic mass is 10.0. The minimum absolute atomic E-state index is 0.0800. The maximum absolute atomic E-state index is 12.9. The minimum atomic E-state index is -0.141. The zero-order valence-corrected chi connectivity index (χ0v) is 18.5. The SMILES string of the molecule is Cc1cc(C(=O)N2CCCCC2C)ccc1NC(=O)c1ccc(SC(C)C)cc1. The first kappa shape index (κ1) is 21.4. The number of anilines is 1. The fraction of sp³-hybridized carbons (Fsp3) is 0.417. The average molecular weight is 411 g/mol. The van der Waals surface area contributed by atoms with Gasteiger partial charge in [0.05, 0.1) is 0 Å². The van der Waals surface area contributed by atoms with E-state index in [9.17, 15) is 9.59 Å². The Hall–Kier alpha value is -2.27. The topological polar surface area (TPSA) is 49.4 Å². The molecule has 1 heterocycles. The van der Waals surface area contributed by atoms with Crippen molar-refractivity contribution in [2.75, 3.05) is 11.9 Å². The molecule has 0 aromatic heterocycles. The largest absolute Gasteiger partial charge is 0.336 e. The number of carbonyl (C=O) groups is 2. The van der Waals surface area contributed by atoms with Gasteiger partial charge in [0.2, 0.25) is 0 Å². The monoisotopic (exact) mass is 410 g/mol. The maximum atomic E-state index is 12.9. The highest BCUT2D eigenvalue weighted by molar-refractivity contribution is 7.99. The number of benzene rings is 2. The van der Waals surface area contributed by atoms with Gasteiger partial charge in [-0.2, -0.15) is 0 Å². The van der Waals surface area contributed by atoms with Crippen molar-refractivity contribution in [2.45, 2.75) is 63.1 Å². The smallest absolute Gasteiger partial charge is 0.255 e. The fourth-order valence-electron chi connectivity index (χ4n) is 3.65. The van der Waals surface area contributed by atoms with Crippen molar-refractivity contribution in [3.05, 3.63) is 59.2 Å². The van der Waals surface area contributed by atoms with Crippen molar-refractivity contribution in [3.8, 4) is 0 Å². The third kappa shape index (κ3) is 5.41. The molecule has 5 heteroatoms. The number of nitrogens with zero attached hydrogens (tertiary/aromatic N) is 1. The van der Waals surface area contributed by atoms with Crippen LogP contribution in [0.4, 0.5) is 5.69 Å². The number of thioether (sulfide) groups is 1. The van der Waals surface area contributed by atoms with Gasteiger partial charge in [0, 0.05) is 39.5 Å². The fourth-order valence-corrected chi connectivity index (χ4v) is 4.49. The highest BCUT2D eigenvalue weighted by Crippen LogP contribution is 2.25. The van der Waals surface area contributed by atoms with Gasteiger partial charge in [0.15, 0.2) is 0 Å². The number of hydrogen-bond acceptors (Lipinski definition) is 3. The summed E-state index contributed by atoms with van der Waals surface area (Å²) in [4.78, 5) is 28.6. The van der Waals surface area contributed by atoms with Crippen LogP contribution >= 0.6 is 11.8 Å². The first-order valence-electron chi connectivity index (χ1n) is 10.3. The van der Waals surface area contributed by atoms with Gasteiger partial charge in [-0.25, -0.2) is 0 Å². The summed E-state index contributed by atoms with van der Waals surface area (Å²) in [6.45, 7) is 9.16. The van der Waals surface area contributed by atoms with Crippen molar-refractivity contribution in [2.24, 2.45) is 0 Å². The number of hydrogen-bond donors (Lipinski definition) is 1. The van der Waals surface area contributed by atoms with Crippen LogP contribution in [0.15, 0.2) is 47.4 Å². The number of nitrogens with one attached hydrogen (secondary N) is 1. The second-order valence-corrected chi connectivity index (χ2v) is 9.67. The summed E-state index contributed by atoms with van der Waals surface area (Å²) in [5, 5.41) is 3.48. The lowest BCUT2D eigenvalue weighted by Crippen LogP contribution is -2.42. The number of carbonyl (C=O) groups excluding carboxylic acids is 2. The normalized spacial score (nSPS) is 16.7. The summed E-state index contributed by atoms with van der Waals surface area (Å²) in [5.74, 6) is -0.0608. The number of piperidine rings is 1. The molecule has 2 aromatic rings. The van der Waals surface area contributed by atoms with E-state index in [1.165, 1.54) is 6.42 Å². The van der Waals surface area contributed by atoms with Gasteiger partial charge >= 0.3 is 0 Å². The molecule has 0 spiro atoms. The van der Waals surface area contributed by atoms with Crippen LogP contribution in [0.2, 0.25) is 0 Å². The van der Waals surface area contributed by atoms with Gasteiger partial charge in [-0.15, -0.1) is 11.8 Å². The van der Waals surface area contributed by atoms with E-state index in [1.807, 2.05) is 54.3 Å². The van der Waals surface area contributed by atoms with E-state index in [-0.39, 0.29) is 17.9 Å². The van der Waals surface area contributed by atoms with E-state index in [2.05, 4.69) is 26.1 Å². The predicted molar refractivity (Wildman–Crippen MR) is 121 cm³/mol. The molecule has 1 aliphatic heterocycles. The first-order valence-corrected chi connectivity index (χ1v) is 11.2. The molecule has 2 amide bonds. The van der Waals surface area contributed by atoms with Gasteiger partial charge < -0.3 is 10.2 Å². The van der Waals surface area contributed by atoms with Gasteiger partial charge in [0.1, 0.15) is 0 Å². The highest BCUT2D eigenvalue weighted by Gasteiger charge is 2.24. The number of aryl methyl sites for hydroxylation is 1. The van der Waals surface area contributed by atoms with Gasteiger partial charge in [-0.1, -0.05) is 13.8 Å². The van der Waals surface area contributed by atoms with Crippen molar-refractivity contribution < 1.29 is 9.59 Å². The molecule has 0 bridgehead atoms. The molecule has 1 atom stereocenters. The average Bonchev–Trinajstić information content (AvgIpc) is 2.69. The molecule has 1 N–H and O–H groups in total. The Balaban J connectivity index is 1.68. The van der Waals surface area contributed by atoms with Crippen molar-refractivity contribution in [1.82, 2.24) is 4.90 Å². The van der Waals surface area contributed by atoms with Crippen LogP contribution in [-0.2, 0) is 0 Å². The van der Waals surface area contributed by atoms with Crippen molar-refractivity contribution >= 4 is 29.3 Å². The summed E-state index contributed by atoms with van der Waals surface area (Å²) in [6, 6.07) is 13.5. The van der Waals surface area contributed by atoms with E-state index >= 15 is 0 Å². The minimum Gasteiger partial charge on any atom is -0.336 e. The molecule has 1 unspecified atom stereocenters. The van der Waals surface area contributed by atoms with Crippen LogP contribution in [0.1, 0.15) is 66.3 Å².